The molecule has 1 atom stereocenters. The predicted octanol–water partition coefficient (Wildman–Crippen LogP) is 4.29. The summed E-state index contributed by atoms with van der Waals surface area (Å²) in [6, 6.07) is 12.0. The van der Waals surface area contributed by atoms with E-state index in [0.717, 1.165) is 22.6 Å². The number of aryl methyl sites for hydroxylation is 3. The van der Waals surface area contributed by atoms with Gasteiger partial charge < -0.3 is 15.0 Å². The summed E-state index contributed by atoms with van der Waals surface area (Å²) in [5.41, 5.74) is 5.47. The van der Waals surface area contributed by atoms with Gasteiger partial charge in [-0.1, -0.05) is 38.1 Å². The molecule has 0 bridgehead atoms. The van der Waals surface area contributed by atoms with E-state index in [1.165, 1.54) is 11.1 Å². The predicted molar refractivity (Wildman–Crippen MR) is 133 cm³/mol. The summed E-state index contributed by atoms with van der Waals surface area (Å²) < 4.78 is 5.96. The van der Waals surface area contributed by atoms with E-state index in [2.05, 4.69) is 37.1 Å². The molecule has 0 aliphatic carbocycles. The van der Waals surface area contributed by atoms with Crippen molar-refractivity contribution in [3.63, 3.8) is 0 Å². The highest BCUT2D eigenvalue weighted by atomic mass is 16.5. The maximum absolute atomic E-state index is 12.9. The van der Waals surface area contributed by atoms with Crippen LogP contribution in [0.5, 0.6) is 5.75 Å². The molecule has 2 amide bonds. The number of nitrogens with one attached hydrogen (secondary N) is 1. The minimum Gasteiger partial charge on any atom is -0.481 e. The minimum absolute atomic E-state index is 0.0137. The second kappa shape index (κ2) is 10.8. The number of anilines is 1. The Bertz CT molecular complexity index is 974. The highest BCUT2D eigenvalue weighted by Crippen LogP contribution is 2.24. The van der Waals surface area contributed by atoms with Crippen LogP contribution in [-0.4, -0.2) is 60.4 Å². The van der Waals surface area contributed by atoms with Crippen LogP contribution in [0.3, 0.4) is 0 Å². The van der Waals surface area contributed by atoms with Gasteiger partial charge in [-0.25, -0.2) is 0 Å². The van der Waals surface area contributed by atoms with Crippen LogP contribution in [0.1, 0.15) is 48.9 Å². The van der Waals surface area contributed by atoms with Crippen molar-refractivity contribution < 1.29 is 14.3 Å². The van der Waals surface area contributed by atoms with Crippen molar-refractivity contribution in [3.05, 3.63) is 58.7 Å². The zero-order valence-corrected chi connectivity index (χ0v) is 20.8. The molecule has 1 N–H and O–H groups in total. The molecule has 1 heterocycles. The number of piperazine rings is 1. The Labute approximate surface area is 197 Å². The van der Waals surface area contributed by atoms with Gasteiger partial charge in [0.2, 0.25) is 5.91 Å². The number of carbonyl (C=O) groups is 2. The molecule has 0 saturated carbocycles. The number of ether oxygens (including phenoxy) is 1. The van der Waals surface area contributed by atoms with Gasteiger partial charge in [0, 0.05) is 31.9 Å². The normalized spacial score (nSPS) is 15.4. The Morgan fingerprint density at radius 1 is 0.939 bits per heavy atom. The third-order valence-electron chi connectivity index (χ3n) is 6.32. The van der Waals surface area contributed by atoms with Gasteiger partial charge in [0.1, 0.15) is 5.75 Å². The summed E-state index contributed by atoms with van der Waals surface area (Å²) in [4.78, 5) is 29.4. The maximum Gasteiger partial charge on any atom is 0.263 e. The summed E-state index contributed by atoms with van der Waals surface area (Å²) >= 11 is 0. The Morgan fingerprint density at radius 3 is 2.15 bits per heavy atom. The van der Waals surface area contributed by atoms with E-state index in [0.29, 0.717) is 38.6 Å². The van der Waals surface area contributed by atoms with E-state index in [-0.39, 0.29) is 11.8 Å². The molecular weight excluding hydrogens is 414 g/mol. The molecule has 0 radical (unpaired) electrons. The third-order valence-corrected chi connectivity index (χ3v) is 6.32. The molecule has 1 aliphatic rings. The Morgan fingerprint density at radius 2 is 1.58 bits per heavy atom. The number of benzene rings is 2. The van der Waals surface area contributed by atoms with Crippen LogP contribution < -0.4 is 10.1 Å². The van der Waals surface area contributed by atoms with E-state index in [4.69, 9.17) is 4.74 Å². The summed E-state index contributed by atoms with van der Waals surface area (Å²) in [5.74, 6) is 1.14. The minimum atomic E-state index is -0.548. The van der Waals surface area contributed by atoms with Crippen molar-refractivity contribution in [2.75, 3.05) is 38.0 Å². The largest absolute Gasteiger partial charge is 0.481 e. The van der Waals surface area contributed by atoms with Gasteiger partial charge in [-0.3, -0.25) is 14.5 Å². The van der Waals surface area contributed by atoms with E-state index >= 15 is 0 Å². The van der Waals surface area contributed by atoms with Crippen LogP contribution in [0.15, 0.2) is 36.4 Å². The monoisotopic (exact) mass is 451 g/mol. The molecule has 0 spiro atoms. The molecule has 1 aliphatic heterocycles. The number of amides is 2. The number of rotatable bonds is 7. The van der Waals surface area contributed by atoms with Crippen LogP contribution in [-0.2, 0) is 9.59 Å². The molecule has 0 aromatic heterocycles. The van der Waals surface area contributed by atoms with Crippen LogP contribution in [0.4, 0.5) is 5.69 Å². The fourth-order valence-electron chi connectivity index (χ4n) is 4.40. The quantitative estimate of drug-likeness (QED) is 0.682. The molecule has 1 unspecified atom stereocenters. The molecule has 2 aromatic carbocycles. The van der Waals surface area contributed by atoms with E-state index < -0.39 is 6.10 Å². The molecule has 178 valence electrons. The van der Waals surface area contributed by atoms with Crippen LogP contribution in [0.2, 0.25) is 0 Å². The lowest BCUT2D eigenvalue weighted by Crippen LogP contribution is -2.53. The first-order valence-electron chi connectivity index (χ1n) is 11.8. The molecule has 3 rings (SSSR count). The van der Waals surface area contributed by atoms with E-state index in [9.17, 15) is 9.59 Å². The lowest BCUT2D eigenvalue weighted by atomic mass is 9.98. The molecule has 2 aromatic rings. The summed E-state index contributed by atoms with van der Waals surface area (Å²) in [6.07, 6.45) is -0.548. The highest BCUT2D eigenvalue weighted by molar-refractivity contribution is 5.93. The average Bonchev–Trinajstić information content (AvgIpc) is 2.76. The standard InChI is InChI=1S/C27H37N3O3/c1-18(2)24-11-10-23(16-21(24)5)33-22(6)27(32)30-14-12-29(13-15-30)17-25(31)28-26-19(3)8-7-9-20(26)4/h7-11,16,18,22H,12-15,17H2,1-6H3,(H,28,31). The van der Waals surface area contributed by atoms with Gasteiger partial charge in [0.05, 0.1) is 6.54 Å². The molecule has 1 saturated heterocycles. The van der Waals surface area contributed by atoms with Crippen LogP contribution in [0.25, 0.3) is 0 Å². The molecule has 1 fully saturated rings. The van der Waals surface area contributed by atoms with Crippen molar-refractivity contribution >= 4 is 17.5 Å². The maximum atomic E-state index is 12.9. The van der Waals surface area contributed by atoms with E-state index in [1.807, 2.05) is 49.1 Å². The van der Waals surface area contributed by atoms with Gasteiger partial charge in [0.25, 0.3) is 5.91 Å². The van der Waals surface area contributed by atoms with Gasteiger partial charge >= 0.3 is 0 Å². The van der Waals surface area contributed by atoms with Crippen molar-refractivity contribution in [1.29, 1.82) is 0 Å². The van der Waals surface area contributed by atoms with Gasteiger partial charge in [-0.05, 0) is 68.0 Å². The SMILES string of the molecule is Cc1cc(OC(C)C(=O)N2CCN(CC(=O)Nc3c(C)cccc3C)CC2)ccc1C(C)C. The van der Waals surface area contributed by atoms with Crippen LogP contribution in [0, 0.1) is 20.8 Å². The number of hydrogen-bond acceptors (Lipinski definition) is 4. The van der Waals surface area contributed by atoms with Gasteiger partial charge in [0.15, 0.2) is 6.10 Å². The lowest BCUT2D eigenvalue weighted by molar-refractivity contribution is -0.139. The van der Waals surface area contributed by atoms with Crippen molar-refractivity contribution in [2.24, 2.45) is 0 Å². The average molecular weight is 452 g/mol. The Kier molecular flexibility index (Phi) is 8.14. The van der Waals surface area contributed by atoms with Gasteiger partial charge in [-0.2, -0.15) is 0 Å². The van der Waals surface area contributed by atoms with E-state index in [1.54, 1.807) is 6.92 Å². The second-order valence-electron chi connectivity index (χ2n) is 9.35. The number of hydrogen-bond donors (Lipinski definition) is 1. The molecular formula is C27H37N3O3. The second-order valence-corrected chi connectivity index (χ2v) is 9.35. The van der Waals surface area contributed by atoms with Gasteiger partial charge in [-0.15, -0.1) is 0 Å². The Balaban J connectivity index is 1.48. The number of para-hydroxylation sites is 1. The molecule has 33 heavy (non-hydrogen) atoms. The summed E-state index contributed by atoms with van der Waals surface area (Å²) in [6.45, 7) is 15.0. The third kappa shape index (κ3) is 6.35. The van der Waals surface area contributed by atoms with Crippen LogP contribution >= 0.6 is 0 Å². The first-order valence-corrected chi connectivity index (χ1v) is 11.8. The summed E-state index contributed by atoms with van der Waals surface area (Å²) in [5, 5.41) is 3.04. The number of carbonyl (C=O) groups excluding carboxylic acids is 2. The van der Waals surface area contributed by atoms with Crippen molar-refractivity contribution in [3.8, 4) is 5.75 Å². The molecule has 6 heteroatoms. The smallest absolute Gasteiger partial charge is 0.263 e. The topological polar surface area (TPSA) is 61.9 Å². The first kappa shape index (κ1) is 24.8. The number of nitrogens with zero attached hydrogens (tertiary/aromatic N) is 2. The lowest BCUT2D eigenvalue weighted by Gasteiger charge is -2.35. The first-order chi connectivity index (χ1) is 15.7. The summed E-state index contributed by atoms with van der Waals surface area (Å²) in [7, 11) is 0. The fraction of sp³-hybridized carbons (Fsp3) is 0.481. The van der Waals surface area contributed by atoms with Crippen molar-refractivity contribution in [2.45, 2.75) is 53.6 Å². The zero-order chi connectivity index (χ0) is 24.1. The fourth-order valence-corrected chi connectivity index (χ4v) is 4.40. The van der Waals surface area contributed by atoms with Crippen molar-refractivity contribution in [1.82, 2.24) is 9.80 Å². The Hall–Kier alpha value is -2.86. The zero-order valence-electron chi connectivity index (χ0n) is 20.8. The molecule has 6 nitrogen and oxygen atoms in total. The highest BCUT2D eigenvalue weighted by Gasteiger charge is 2.27.